The van der Waals surface area contributed by atoms with Crippen molar-refractivity contribution in [2.24, 2.45) is 0 Å². The minimum atomic E-state index is -0.535. The molecule has 3 N–H and O–H groups in total. The number of carbonyl (C=O) groups excluding carboxylic acids is 1. The van der Waals surface area contributed by atoms with Crippen LogP contribution in [-0.4, -0.2) is 33.9 Å². The van der Waals surface area contributed by atoms with E-state index >= 15 is 0 Å². The number of hydrogen-bond acceptors (Lipinski definition) is 4. The van der Waals surface area contributed by atoms with Crippen LogP contribution in [0.15, 0.2) is 30.5 Å². The Bertz CT molecular complexity index is 680. The third-order valence-electron chi connectivity index (χ3n) is 3.69. The van der Waals surface area contributed by atoms with E-state index in [-0.39, 0.29) is 23.2 Å². The summed E-state index contributed by atoms with van der Waals surface area (Å²) in [5, 5.41) is 19.6. The zero-order chi connectivity index (χ0) is 15.5. The molecular weight excluding hydrogens is 287 g/mol. The predicted octanol–water partition coefficient (Wildman–Crippen LogP) is 1.90. The number of benzene rings is 1. The maximum atomic E-state index is 13.2. The predicted molar refractivity (Wildman–Crippen MR) is 79.4 cm³/mol. The normalized spacial score (nSPS) is 18.1. The first-order valence-corrected chi connectivity index (χ1v) is 7.19. The third kappa shape index (κ3) is 3.09. The highest BCUT2D eigenvalue weighted by molar-refractivity contribution is 6.03. The molecule has 1 atom stereocenters. The van der Waals surface area contributed by atoms with E-state index in [0.717, 1.165) is 38.1 Å². The largest absolute Gasteiger partial charge is 0.506 e. The van der Waals surface area contributed by atoms with Crippen LogP contribution in [0.5, 0.6) is 5.75 Å². The molecule has 0 spiro atoms. The van der Waals surface area contributed by atoms with E-state index in [1.165, 1.54) is 6.07 Å². The van der Waals surface area contributed by atoms with Gasteiger partial charge in [-0.25, -0.2) is 4.39 Å². The van der Waals surface area contributed by atoms with Crippen molar-refractivity contribution < 1.29 is 14.3 Å². The quantitative estimate of drug-likeness (QED) is 0.757. The second-order valence-electron chi connectivity index (χ2n) is 5.30. The van der Waals surface area contributed by atoms with Crippen LogP contribution in [0.25, 0.3) is 0 Å². The van der Waals surface area contributed by atoms with E-state index in [2.05, 4.69) is 15.7 Å². The number of amides is 1. The number of phenolic OH excluding ortho intramolecular Hbond substituents is 1. The highest BCUT2D eigenvalue weighted by Gasteiger charge is 2.18. The fourth-order valence-corrected chi connectivity index (χ4v) is 2.52. The number of nitrogens with zero attached hydrogens (tertiary/aromatic N) is 2. The average molecular weight is 304 g/mol. The van der Waals surface area contributed by atoms with Crippen LogP contribution >= 0.6 is 0 Å². The minimum absolute atomic E-state index is 0.0267. The van der Waals surface area contributed by atoms with E-state index in [1.54, 1.807) is 16.9 Å². The lowest BCUT2D eigenvalue weighted by Gasteiger charge is -2.22. The first-order chi connectivity index (χ1) is 10.6. The van der Waals surface area contributed by atoms with Gasteiger partial charge >= 0.3 is 0 Å². The minimum Gasteiger partial charge on any atom is -0.506 e. The molecule has 116 valence electrons. The van der Waals surface area contributed by atoms with Crippen molar-refractivity contribution in [3.63, 3.8) is 0 Å². The number of anilines is 1. The summed E-state index contributed by atoms with van der Waals surface area (Å²) in [6, 6.07) is 5.22. The van der Waals surface area contributed by atoms with Gasteiger partial charge in [0.05, 0.1) is 11.7 Å². The lowest BCUT2D eigenvalue weighted by Crippen LogP contribution is -2.32. The molecule has 7 heteroatoms. The van der Waals surface area contributed by atoms with Crippen LogP contribution in [0, 0.1) is 5.82 Å². The number of piperidine rings is 1. The molecule has 3 rings (SSSR count). The second-order valence-corrected chi connectivity index (χ2v) is 5.30. The molecule has 2 aromatic rings. The van der Waals surface area contributed by atoms with Gasteiger partial charge in [-0.15, -0.1) is 0 Å². The van der Waals surface area contributed by atoms with Gasteiger partial charge in [-0.1, -0.05) is 0 Å². The van der Waals surface area contributed by atoms with Crippen LogP contribution in [0.2, 0.25) is 0 Å². The summed E-state index contributed by atoms with van der Waals surface area (Å²) >= 11 is 0. The summed E-state index contributed by atoms with van der Waals surface area (Å²) in [6.45, 7) is 1.83. The van der Waals surface area contributed by atoms with Crippen molar-refractivity contribution in [1.29, 1.82) is 0 Å². The third-order valence-corrected chi connectivity index (χ3v) is 3.69. The summed E-state index contributed by atoms with van der Waals surface area (Å²) in [6.07, 6.45) is 3.85. The van der Waals surface area contributed by atoms with E-state index in [4.69, 9.17) is 0 Å². The summed E-state index contributed by atoms with van der Waals surface area (Å²) < 4.78 is 14.9. The fraction of sp³-hybridized carbons (Fsp3) is 0.333. The van der Waals surface area contributed by atoms with Crippen LogP contribution in [-0.2, 0) is 0 Å². The Balaban J connectivity index is 1.72. The molecule has 0 saturated carbocycles. The molecule has 1 aliphatic rings. The molecule has 1 unspecified atom stereocenters. The fourth-order valence-electron chi connectivity index (χ4n) is 2.52. The van der Waals surface area contributed by atoms with E-state index < -0.39 is 11.7 Å². The second kappa shape index (κ2) is 6.15. The van der Waals surface area contributed by atoms with Gasteiger partial charge in [0.2, 0.25) is 0 Å². The van der Waals surface area contributed by atoms with Crippen LogP contribution in [0.4, 0.5) is 10.1 Å². The molecule has 2 heterocycles. The van der Waals surface area contributed by atoms with Crippen molar-refractivity contribution >= 4 is 11.6 Å². The molecule has 1 saturated heterocycles. The topological polar surface area (TPSA) is 79.2 Å². The van der Waals surface area contributed by atoms with Crippen LogP contribution < -0.4 is 10.6 Å². The molecule has 1 fully saturated rings. The first-order valence-electron chi connectivity index (χ1n) is 7.19. The molecule has 1 aliphatic heterocycles. The van der Waals surface area contributed by atoms with Gasteiger partial charge in [-0.05, 0) is 37.6 Å². The van der Waals surface area contributed by atoms with Crippen molar-refractivity contribution in [1.82, 2.24) is 15.1 Å². The lowest BCUT2D eigenvalue weighted by molar-refractivity contribution is 0.102. The smallest absolute Gasteiger partial charge is 0.276 e. The summed E-state index contributed by atoms with van der Waals surface area (Å²) in [4.78, 5) is 12.1. The van der Waals surface area contributed by atoms with Crippen molar-refractivity contribution in [2.75, 3.05) is 18.4 Å². The van der Waals surface area contributed by atoms with Crippen LogP contribution in [0.1, 0.15) is 29.4 Å². The Labute approximate surface area is 127 Å². The molecular formula is C15H17FN4O2. The molecule has 1 aromatic heterocycles. The summed E-state index contributed by atoms with van der Waals surface area (Å²) in [5.41, 5.74) is 0.258. The summed E-state index contributed by atoms with van der Waals surface area (Å²) in [5.74, 6) is -1.21. The number of rotatable bonds is 3. The molecule has 6 nitrogen and oxygen atoms in total. The molecule has 0 radical (unpaired) electrons. The van der Waals surface area contributed by atoms with Gasteiger partial charge in [-0.2, -0.15) is 5.10 Å². The lowest BCUT2D eigenvalue weighted by atomic mass is 10.1. The van der Waals surface area contributed by atoms with Crippen molar-refractivity contribution in [3.8, 4) is 5.75 Å². The standard InChI is InChI=1S/C15H17FN4O2/c16-10-3-4-14(21)13(8-10)18-15(22)12-5-7-20(19-12)11-2-1-6-17-9-11/h3-5,7-8,11,17,21H,1-2,6,9H2,(H,18,22). The SMILES string of the molecule is O=C(Nc1cc(F)ccc1O)c1ccn(C2CCCNC2)n1. The zero-order valence-corrected chi connectivity index (χ0v) is 11.9. The number of phenols is 1. The number of nitrogens with one attached hydrogen (secondary N) is 2. The number of halogens is 1. The Hall–Kier alpha value is -2.41. The van der Waals surface area contributed by atoms with Gasteiger partial charge in [0.25, 0.3) is 5.91 Å². The maximum Gasteiger partial charge on any atom is 0.276 e. The highest BCUT2D eigenvalue weighted by Crippen LogP contribution is 2.24. The molecule has 1 amide bonds. The average Bonchev–Trinajstić information content (AvgIpc) is 3.02. The summed E-state index contributed by atoms with van der Waals surface area (Å²) in [7, 11) is 0. The number of aromatic nitrogens is 2. The first kappa shape index (κ1) is 14.5. The molecule has 22 heavy (non-hydrogen) atoms. The Morgan fingerprint density at radius 3 is 3.09 bits per heavy atom. The van der Waals surface area contributed by atoms with Gasteiger partial charge in [0.1, 0.15) is 11.6 Å². The van der Waals surface area contributed by atoms with Gasteiger partial charge < -0.3 is 15.7 Å². The van der Waals surface area contributed by atoms with Gasteiger partial charge in [0, 0.05) is 18.8 Å². The highest BCUT2D eigenvalue weighted by atomic mass is 19.1. The monoisotopic (exact) mass is 304 g/mol. The van der Waals surface area contributed by atoms with E-state index in [1.807, 2.05) is 0 Å². The maximum absolute atomic E-state index is 13.2. The Morgan fingerprint density at radius 2 is 2.32 bits per heavy atom. The number of carbonyl (C=O) groups is 1. The van der Waals surface area contributed by atoms with E-state index in [9.17, 15) is 14.3 Å². The van der Waals surface area contributed by atoms with Crippen molar-refractivity contribution in [2.45, 2.75) is 18.9 Å². The van der Waals surface area contributed by atoms with Gasteiger partial charge in [-0.3, -0.25) is 9.48 Å². The Morgan fingerprint density at radius 1 is 1.45 bits per heavy atom. The van der Waals surface area contributed by atoms with Gasteiger partial charge in [0.15, 0.2) is 5.69 Å². The number of hydrogen-bond donors (Lipinski definition) is 3. The van der Waals surface area contributed by atoms with Crippen molar-refractivity contribution in [3.05, 3.63) is 42.0 Å². The van der Waals surface area contributed by atoms with Crippen LogP contribution in [0.3, 0.4) is 0 Å². The Kier molecular flexibility index (Phi) is 4.06. The molecule has 0 bridgehead atoms. The zero-order valence-electron chi connectivity index (χ0n) is 11.9. The van der Waals surface area contributed by atoms with E-state index in [0.29, 0.717) is 0 Å². The molecule has 0 aliphatic carbocycles. The molecule has 1 aromatic carbocycles. The number of aromatic hydroxyl groups is 1.